The molecule has 4 atom stereocenters. The van der Waals surface area contributed by atoms with Crippen molar-refractivity contribution in [1.82, 2.24) is 20.2 Å². The van der Waals surface area contributed by atoms with Crippen LogP contribution in [-0.4, -0.2) is 39.1 Å². The van der Waals surface area contributed by atoms with E-state index in [0.29, 0.717) is 31.2 Å². The number of aliphatic hydroxyl groups is 1. The number of nitrogens with zero attached hydrogens (tertiary/aromatic N) is 2. The summed E-state index contributed by atoms with van der Waals surface area (Å²) in [6.07, 6.45) is 3.42. The summed E-state index contributed by atoms with van der Waals surface area (Å²) in [6, 6.07) is 15.6. The molecule has 4 rings (SSSR count). The number of amides is 2. The van der Waals surface area contributed by atoms with E-state index < -0.39 is 6.29 Å². The molecule has 1 aliphatic rings. The van der Waals surface area contributed by atoms with Crippen LogP contribution in [0.2, 0.25) is 10.3 Å². The van der Waals surface area contributed by atoms with Crippen molar-refractivity contribution in [2.24, 2.45) is 5.92 Å². The number of halogens is 2. The molecule has 11 heteroatoms. The number of unbranched alkanes of at least 4 members (excludes halogenated alkanes) is 2. The Hall–Kier alpha value is -2.95. The predicted octanol–water partition coefficient (Wildman–Crippen LogP) is 5.49. The van der Waals surface area contributed by atoms with Crippen LogP contribution < -0.4 is 10.6 Å². The quantitative estimate of drug-likeness (QED) is 0.219. The minimum absolute atomic E-state index is 0.00250. The molecule has 1 aliphatic heterocycles. The minimum Gasteiger partial charge on any atom is -0.392 e. The van der Waals surface area contributed by atoms with Gasteiger partial charge in [-0.05, 0) is 29.5 Å². The Morgan fingerprint density at radius 1 is 0.952 bits per heavy atom. The molecule has 226 valence electrons. The topological polar surface area (TPSA) is 115 Å². The standard InChI is InChI=1S/C31H38Cl2N4O5/c1-20-26(17-37-19-36-29(32)30(37)33)41-31(42-28(20)24-11-9-23(18-38)10-12-24)25-13-7-22(8-14-25)16-35-27(40)6-4-3-5-15-34-21(2)39/h7-14,19-20,26,28,31,38H,3-6,15-18H2,1-2H3,(H,34,39)(H,35,40)/t20-,26+,28+,31+/m0/s1. The van der Waals surface area contributed by atoms with E-state index in [0.717, 1.165) is 41.5 Å². The Bertz CT molecular complexity index is 1320. The maximum Gasteiger partial charge on any atom is 0.220 e. The number of ether oxygens (including phenoxy) is 2. The molecule has 1 aromatic heterocycles. The monoisotopic (exact) mass is 616 g/mol. The number of imidazole rings is 1. The first-order chi connectivity index (χ1) is 20.2. The molecule has 1 fully saturated rings. The first-order valence-electron chi connectivity index (χ1n) is 14.2. The molecule has 0 saturated carbocycles. The Morgan fingerprint density at radius 3 is 2.29 bits per heavy atom. The Morgan fingerprint density at radius 2 is 1.64 bits per heavy atom. The second kappa shape index (κ2) is 15.5. The molecule has 9 nitrogen and oxygen atoms in total. The summed E-state index contributed by atoms with van der Waals surface area (Å²) < 4.78 is 14.7. The number of aliphatic hydroxyl groups excluding tert-OH is 1. The number of benzene rings is 2. The van der Waals surface area contributed by atoms with Crippen molar-refractivity contribution >= 4 is 35.0 Å². The SMILES string of the molecule is CC(=O)NCCCCCC(=O)NCc1ccc([C@@H]2O[C@H](Cn3cnc(Cl)c3Cl)[C@H](C)[C@H](c3ccc(CO)cc3)O2)cc1. The summed E-state index contributed by atoms with van der Waals surface area (Å²) in [5.74, 6) is -0.0612. The second-order valence-electron chi connectivity index (χ2n) is 10.6. The van der Waals surface area contributed by atoms with Gasteiger partial charge in [0, 0.05) is 37.9 Å². The first-order valence-corrected chi connectivity index (χ1v) is 15.0. The largest absolute Gasteiger partial charge is 0.392 e. The lowest BCUT2D eigenvalue weighted by Crippen LogP contribution is -2.39. The van der Waals surface area contributed by atoms with E-state index in [2.05, 4.69) is 22.5 Å². The molecule has 0 aliphatic carbocycles. The lowest BCUT2D eigenvalue weighted by atomic mass is 9.90. The molecule has 3 N–H and O–H groups in total. The van der Waals surface area contributed by atoms with Crippen LogP contribution in [0, 0.1) is 5.92 Å². The highest BCUT2D eigenvalue weighted by atomic mass is 35.5. The van der Waals surface area contributed by atoms with E-state index in [1.807, 2.05) is 48.5 Å². The summed E-state index contributed by atoms with van der Waals surface area (Å²) in [4.78, 5) is 27.3. The number of carbonyl (C=O) groups is 2. The predicted molar refractivity (Wildman–Crippen MR) is 161 cm³/mol. The average Bonchev–Trinajstić information content (AvgIpc) is 3.31. The lowest BCUT2D eigenvalue weighted by Gasteiger charge is -2.41. The number of hydrogen-bond donors (Lipinski definition) is 3. The third kappa shape index (κ3) is 8.78. The molecule has 2 aromatic carbocycles. The zero-order valence-corrected chi connectivity index (χ0v) is 25.4. The van der Waals surface area contributed by atoms with E-state index in [1.165, 1.54) is 6.92 Å². The third-order valence-electron chi connectivity index (χ3n) is 7.43. The highest BCUT2D eigenvalue weighted by Crippen LogP contribution is 2.42. The fourth-order valence-electron chi connectivity index (χ4n) is 4.93. The van der Waals surface area contributed by atoms with Gasteiger partial charge in [0.25, 0.3) is 0 Å². The number of hydrogen-bond acceptors (Lipinski definition) is 6. The fraction of sp³-hybridized carbons (Fsp3) is 0.452. The van der Waals surface area contributed by atoms with Gasteiger partial charge in [-0.15, -0.1) is 0 Å². The molecule has 0 unspecified atom stereocenters. The third-order valence-corrected chi connectivity index (χ3v) is 8.20. The van der Waals surface area contributed by atoms with Gasteiger partial charge in [0.05, 0.1) is 31.7 Å². The van der Waals surface area contributed by atoms with Crippen LogP contribution in [0.3, 0.4) is 0 Å². The fourth-order valence-corrected chi connectivity index (χ4v) is 5.24. The van der Waals surface area contributed by atoms with Crippen molar-refractivity contribution in [3.63, 3.8) is 0 Å². The Kier molecular flexibility index (Phi) is 11.8. The maximum atomic E-state index is 12.3. The molecular formula is C31H38Cl2N4O5. The summed E-state index contributed by atoms with van der Waals surface area (Å²) in [7, 11) is 0. The molecule has 0 radical (unpaired) electrons. The molecule has 0 spiro atoms. The molecule has 2 heterocycles. The summed E-state index contributed by atoms with van der Waals surface area (Å²) in [6.45, 7) is 5.06. The van der Waals surface area contributed by atoms with Gasteiger partial charge < -0.3 is 29.8 Å². The van der Waals surface area contributed by atoms with Crippen LogP contribution in [0.1, 0.15) is 74.2 Å². The van der Waals surface area contributed by atoms with Crippen LogP contribution >= 0.6 is 23.2 Å². The van der Waals surface area contributed by atoms with Crippen LogP contribution in [0.15, 0.2) is 54.9 Å². The molecule has 2 amide bonds. The van der Waals surface area contributed by atoms with Crippen molar-refractivity contribution in [3.8, 4) is 0 Å². The number of rotatable bonds is 13. The Labute approximate surface area is 256 Å². The van der Waals surface area contributed by atoms with Crippen molar-refractivity contribution in [2.75, 3.05) is 6.54 Å². The van der Waals surface area contributed by atoms with Gasteiger partial charge in [-0.25, -0.2) is 4.98 Å². The average molecular weight is 618 g/mol. The zero-order chi connectivity index (χ0) is 30.1. The van der Waals surface area contributed by atoms with E-state index >= 15 is 0 Å². The minimum atomic E-state index is -0.632. The molecule has 3 aromatic rings. The summed E-state index contributed by atoms with van der Waals surface area (Å²) in [5, 5.41) is 15.8. The van der Waals surface area contributed by atoms with E-state index in [9.17, 15) is 14.7 Å². The maximum absolute atomic E-state index is 12.3. The normalized spacial score (nSPS) is 20.3. The van der Waals surface area contributed by atoms with Crippen molar-refractivity contribution in [2.45, 2.75) is 77.7 Å². The molecule has 42 heavy (non-hydrogen) atoms. The molecular weight excluding hydrogens is 579 g/mol. The van der Waals surface area contributed by atoms with Gasteiger partial charge in [0.2, 0.25) is 11.8 Å². The molecule has 1 saturated heterocycles. The van der Waals surface area contributed by atoms with E-state index in [-0.39, 0.29) is 41.7 Å². The van der Waals surface area contributed by atoms with Gasteiger partial charge in [-0.3, -0.25) is 9.59 Å². The van der Waals surface area contributed by atoms with Crippen LogP contribution in [0.25, 0.3) is 0 Å². The van der Waals surface area contributed by atoms with Gasteiger partial charge in [0.1, 0.15) is 5.15 Å². The zero-order valence-electron chi connectivity index (χ0n) is 23.9. The second-order valence-corrected chi connectivity index (χ2v) is 11.3. The van der Waals surface area contributed by atoms with E-state index in [4.69, 9.17) is 32.7 Å². The van der Waals surface area contributed by atoms with Crippen molar-refractivity contribution in [3.05, 3.63) is 87.4 Å². The van der Waals surface area contributed by atoms with Gasteiger partial charge in [0.15, 0.2) is 11.4 Å². The summed E-state index contributed by atoms with van der Waals surface area (Å²) in [5.41, 5.74) is 3.64. The number of nitrogens with one attached hydrogen (secondary N) is 2. The number of carbonyl (C=O) groups excluding carboxylic acids is 2. The van der Waals surface area contributed by atoms with Gasteiger partial charge in [-0.1, -0.05) is 85.1 Å². The first kappa shape index (κ1) is 32.0. The van der Waals surface area contributed by atoms with Crippen LogP contribution in [-0.2, 0) is 38.8 Å². The lowest BCUT2D eigenvalue weighted by molar-refractivity contribution is -0.276. The highest BCUT2D eigenvalue weighted by molar-refractivity contribution is 6.40. The molecule has 0 bridgehead atoms. The summed E-state index contributed by atoms with van der Waals surface area (Å²) >= 11 is 12.4. The van der Waals surface area contributed by atoms with Crippen molar-refractivity contribution < 1.29 is 24.2 Å². The van der Waals surface area contributed by atoms with E-state index in [1.54, 1.807) is 10.9 Å². The highest BCUT2D eigenvalue weighted by Gasteiger charge is 2.38. The Balaban J connectivity index is 1.38. The van der Waals surface area contributed by atoms with Crippen LogP contribution in [0.4, 0.5) is 0 Å². The van der Waals surface area contributed by atoms with Gasteiger partial charge in [-0.2, -0.15) is 0 Å². The smallest absolute Gasteiger partial charge is 0.220 e. The number of aromatic nitrogens is 2. The van der Waals surface area contributed by atoms with Gasteiger partial charge >= 0.3 is 0 Å². The van der Waals surface area contributed by atoms with Crippen molar-refractivity contribution in [1.29, 1.82) is 0 Å². The van der Waals surface area contributed by atoms with Crippen LogP contribution in [0.5, 0.6) is 0 Å².